The van der Waals surface area contributed by atoms with Gasteiger partial charge < -0.3 is 15.3 Å². The Balaban J connectivity index is 0.000000440. The number of carbonyl (C=O) groups excluding carboxylic acids is 2. The van der Waals surface area contributed by atoms with E-state index in [0.717, 1.165) is 61.7 Å². The predicted molar refractivity (Wildman–Crippen MR) is 255 cm³/mol. The van der Waals surface area contributed by atoms with Gasteiger partial charge in [-0.25, -0.2) is 0 Å². The highest BCUT2D eigenvalue weighted by atomic mass is 32.2. The summed E-state index contributed by atoms with van der Waals surface area (Å²) in [6.07, 6.45) is 25.6. The lowest BCUT2D eigenvalue weighted by Gasteiger charge is -2.41. The summed E-state index contributed by atoms with van der Waals surface area (Å²) in [5.41, 5.74) is 4.35. The number of unbranched alkanes of at least 4 members (excludes halogenated alkanes) is 8. The summed E-state index contributed by atoms with van der Waals surface area (Å²) in [5.74, 6) is 2.25. The first-order valence-electron chi connectivity index (χ1n) is 23.0. The van der Waals surface area contributed by atoms with Gasteiger partial charge in [-0.1, -0.05) is 159 Å². The molecular weight excluding hydrogens is 749 g/mol. The molecule has 0 fully saturated rings. The van der Waals surface area contributed by atoms with E-state index in [1.54, 1.807) is 11.8 Å². The zero-order valence-corrected chi connectivity index (χ0v) is 39.0. The monoisotopic (exact) mass is 837 g/mol. The van der Waals surface area contributed by atoms with Crippen molar-refractivity contribution in [2.75, 3.05) is 19.8 Å². The van der Waals surface area contributed by atoms with Gasteiger partial charge in [0.25, 0.3) is 0 Å². The summed E-state index contributed by atoms with van der Waals surface area (Å²) in [7, 11) is 0. The van der Waals surface area contributed by atoms with Crippen LogP contribution < -0.4 is 0 Å². The van der Waals surface area contributed by atoms with Crippen LogP contribution in [0.1, 0.15) is 185 Å². The van der Waals surface area contributed by atoms with Crippen molar-refractivity contribution in [2.45, 2.75) is 190 Å². The maximum atomic E-state index is 12.0. The van der Waals surface area contributed by atoms with Crippen LogP contribution in [-0.4, -0.2) is 46.7 Å². The second kappa shape index (κ2) is 29.1. The molecule has 0 saturated heterocycles. The molecule has 0 saturated carbocycles. The van der Waals surface area contributed by atoms with Crippen molar-refractivity contribution in [2.24, 2.45) is 34.5 Å². The fraction of sp³-hybridized carbons (Fsp3) is 0.698. The van der Waals surface area contributed by atoms with Crippen molar-refractivity contribution in [3.8, 4) is 0 Å². The molecule has 1 aromatic carbocycles. The molecule has 6 heteroatoms. The fourth-order valence-electron chi connectivity index (χ4n) is 8.79. The van der Waals surface area contributed by atoms with Gasteiger partial charge in [0.2, 0.25) is 0 Å². The normalized spacial score (nSPS) is 22.6. The Kier molecular flexibility index (Phi) is 27.0. The van der Waals surface area contributed by atoms with Crippen molar-refractivity contribution in [3.63, 3.8) is 0 Å². The van der Waals surface area contributed by atoms with Crippen molar-refractivity contribution < 1.29 is 24.9 Å². The van der Waals surface area contributed by atoms with Gasteiger partial charge in [0.15, 0.2) is 11.6 Å². The topological polar surface area (TPSA) is 94.8 Å². The molecule has 0 radical (unpaired) electrons. The van der Waals surface area contributed by atoms with Gasteiger partial charge >= 0.3 is 0 Å². The number of hydrogen-bond donors (Lipinski definition) is 3. The molecule has 0 heterocycles. The number of thioether (sulfide) groups is 1. The Morgan fingerprint density at radius 1 is 0.746 bits per heavy atom. The van der Waals surface area contributed by atoms with Crippen LogP contribution in [0.15, 0.2) is 81.2 Å². The minimum absolute atomic E-state index is 0. The summed E-state index contributed by atoms with van der Waals surface area (Å²) in [6, 6.07) is 10.2. The molecule has 3 N–H and O–H groups in total. The molecule has 0 bridgehead atoms. The fourth-order valence-corrected chi connectivity index (χ4v) is 9.92. The van der Waals surface area contributed by atoms with Crippen LogP contribution in [0.3, 0.4) is 0 Å². The average molecular weight is 837 g/mol. The molecule has 59 heavy (non-hydrogen) atoms. The van der Waals surface area contributed by atoms with E-state index in [-0.39, 0.29) is 43.0 Å². The highest BCUT2D eigenvalue weighted by molar-refractivity contribution is 8.03. The first kappa shape index (κ1) is 54.8. The van der Waals surface area contributed by atoms with E-state index < -0.39 is 0 Å². The zero-order valence-electron chi connectivity index (χ0n) is 38.2. The quantitative estimate of drug-likeness (QED) is 0.0843. The van der Waals surface area contributed by atoms with E-state index in [2.05, 4.69) is 65.5 Å². The number of rotatable bonds is 21. The van der Waals surface area contributed by atoms with Gasteiger partial charge in [-0.05, 0) is 130 Å². The third-order valence-electron chi connectivity index (χ3n) is 13.8. The minimum Gasteiger partial charge on any atom is -0.396 e. The Hall–Kier alpha value is -2.25. The first-order valence-corrected chi connectivity index (χ1v) is 23.8. The van der Waals surface area contributed by atoms with Gasteiger partial charge in [-0.2, -0.15) is 0 Å². The highest BCUT2D eigenvalue weighted by Crippen LogP contribution is 2.45. The number of aliphatic hydroxyl groups excluding tert-OH is 3. The van der Waals surface area contributed by atoms with Gasteiger partial charge in [-0.15, -0.1) is 0 Å². The summed E-state index contributed by atoms with van der Waals surface area (Å²) < 4.78 is 0. The van der Waals surface area contributed by atoms with Crippen LogP contribution in [0.5, 0.6) is 0 Å². The third kappa shape index (κ3) is 18.7. The Morgan fingerprint density at radius 2 is 1.29 bits per heavy atom. The molecule has 1 aromatic rings. The van der Waals surface area contributed by atoms with E-state index in [0.29, 0.717) is 43.1 Å². The standard InChI is InChI=1S/C19H34O2.C17H32O2.C16H18OS.CH4/c1-4-5-6-7-8-9-10-13-19(3,15-20)17-12-11-16(2)18(21)14-17;1-4-5-6-10-17(3,13-19)16-8-7-14(2)15(12-16)9-11-18;1-11(2)13-9-15(17)12(3)16(10-13)18-14-7-5-4-6-8-14;/h11,17,20H,4-10,12-15H2,1-3H3;7,15-16,18-19H,4-6,8-13H2,1-3H3;4-8,13H,1,9-10H2,2-3H3;1H4/t17-,19?;15?,16-,17?;13-;/m110./s1. The molecule has 0 aliphatic heterocycles. The molecule has 6 atom stereocenters. The lowest BCUT2D eigenvalue weighted by molar-refractivity contribution is -0.118. The SMILES string of the molecule is C.C=C(C)[C@H]1CC(=O)C(C)=C(Sc2ccccc2)C1.CCCCCC(C)(CO)[C@@H]1CC=C(C)C(CCO)C1.CCCCCCCCCC(C)(CO)[C@@H]1CC=C(C)C(=O)C1. The number of hydrogen-bond acceptors (Lipinski definition) is 6. The molecule has 0 spiro atoms. The number of aliphatic hydroxyl groups is 3. The van der Waals surface area contributed by atoms with E-state index in [1.807, 2.05) is 39.0 Å². The molecule has 0 aromatic heterocycles. The third-order valence-corrected chi connectivity index (χ3v) is 15.0. The van der Waals surface area contributed by atoms with Gasteiger partial charge in [0, 0.05) is 43.1 Å². The summed E-state index contributed by atoms with van der Waals surface area (Å²) in [6.45, 7) is 21.7. The van der Waals surface area contributed by atoms with Crippen LogP contribution in [-0.2, 0) is 9.59 Å². The summed E-state index contributed by atoms with van der Waals surface area (Å²) in [5, 5.41) is 28.9. The molecule has 3 unspecified atom stereocenters. The van der Waals surface area contributed by atoms with Crippen molar-refractivity contribution in [1.29, 1.82) is 0 Å². The first-order chi connectivity index (χ1) is 27.7. The number of allylic oxidation sites excluding steroid dienone is 7. The van der Waals surface area contributed by atoms with Crippen molar-refractivity contribution >= 4 is 23.3 Å². The van der Waals surface area contributed by atoms with Crippen molar-refractivity contribution in [1.82, 2.24) is 0 Å². The lowest BCUT2D eigenvalue weighted by Crippen LogP contribution is -2.34. The number of Topliss-reactive ketones (excluding diaryl/α,β-unsaturated/α-hetero) is 2. The molecule has 0 amide bonds. The molecule has 336 valence electrons. The van der Waals surface area contributed by atoms with Crippen LogP contribution >= 0.6 is 11.8 Å². The number of benzene rings is 1. The minimum atomic E-state index is -0.0870. The lowest BCUT2D eigenvalue weighted by atomic mass is 9.65. The van der Waals surface area contributed by atoms with Gasteiger partial charge in [0.05, 0.1) is 0 Å². The van der Waals surface area contributed by atoms with Crippen LogP contribution in [0, 0.1) is 34.5 Å². The van der Waals surface area contributed by atoms with E-state index >= 15 is 0 Å². The van der Waals surface area contributed by atoms with E-state index in [9.17, 15) is 24.9 Å². The average Bonchev–Trinajstić information content (AvgIpc) is 3.21. The molecule has 4 rings (SSSR count). The smallest absolute Gasteiger partial charge is 0.159 e. The van der Waals surface area contributed by atoms with Crippen LogP contribution in [0.4, 0.5) is 0 Å². The molecular formula is C53H88O5S. The van der Waals surface area contributed by atoms with Crippen LogP contribution in [0.2, 0.25) is 0 Å². The molecule has 3 aliphatic rings. The maximum Gasteiger partial charge on any atom is 0.159 e. The molecule has 3 aliphatic carbocycles. The molecule has 5 nitrogen and oxygen atoms in total. The second-order valence-corrected chi connectivity index (χ2v) is 19.7. The number of ketones is 2. The Morgan fingerprint density at radius 3 is 1.85 bits per heavy atom. The summed E-state index contributed by atoms with van der Waals surface area (Å²) in [4.78, 5) is 26.3. The predicted octanol–water partition coefficient (Wildman–Crippen LogP) is 14.2. The van der Waals surface area contributed by atoms with E-state index in [4.69, 9.17) is 0 Å². The summed E-state index contributed by atoms with van der Waals surface area (Å²) >= 11 is 1.72. The van der Waals surface area contributed by atoms with E-state index in [1.165, 1.54) is 79.6 Å². The van der Waals surface area contributed by atoms with Crippen molar-refractivity contribution in [3.05, 3.63) is 76.3 Å². The van der Waals surface area contributed by atoms with Crippen LogP contribution in [0.25, 0.3) is 0 Å². The Bertz CT molecular complexity index is 1480. The number of carbonyl (C=O) groups is 2. The maximum absolute atomic E-state index is 12.0. The largest absolute Gasteiger partial charge is 0.396 e. The Labute approximate surface area is 367 Å². The zero-order chi connectivity index (χ0) is 43.1. The van der Waals surface area contributed by atoms with Gasteiger partial charge in [0.1, 0.15) is 0 Å². The van der Waals surface area contributed by atoms with Gasteiger partial charge in [-0.3, -0.25) is 9.59 Å². The second-order valence-electron chi connectivity index (χ2n) is 18.6. The highest BCUT2D eigenvalue weighted by Gasteiger charge is 2.37.